The SMILES string of the molecule is CCCNC1C(N2CCCC2C(C)C)CCCC1(C)C. The summed E-state index contributed by atoms with van der Waals surface area (Å²) in [5.41, 5.74) is 0.447. The van der Waals surface area contributed by atoms with Crippen LogP contribution in [-0.4, -0.2) is 36.1 Å². The van der Waals surface area contributed by atoms with E-state index in [9.17, 15) is 0 Å². The zero-order valence-electron chi connectivity index (χ0n) is 14.4. The average molecular weight is 280 g/mol. The van der Waals surface area contributed by atoms with Crippen molar-refractivity contribution in [2.45, 2.75) is 91.3 Å². The lowest BCUT2D eigenvalue weighted by Crippen LogP contribution is -2.60. The summed E-state index contributed by atoms with van der Waals surface area (Å²) in [5.74, 6) is 0.800. The van der Waals surface area contributed by atoms with Crippen molar-refractivity contribution in [1.29, 1.82) is 0 Å². The van der Waals surface area contributed by atoms with Crippen molar-refractivity contribution in [2.75, 3.05) is 13.1 Å². The lowest BCUT2D eigenvalue weighted by Gasteiger charge is -2.50. The molecular weight excluding hydrogens is 244 g/mol. The zero-order chi connectivity index (χ0) is 14.8. The second-order valence-corrected chi connectivity index (χ2v) is 8.07. The molecule has 1 saturated heterocycles. The Morgan fingerprint density at radius 1 is 1.20 bits per heavy atom. The van der Waals surface area contributed by atoms with E-state index in [-0.39, 0.29) is 0 Å². The molecule has 0 radical (unpaired) electrons. The summed E-state index contributed by atoms with van der Waals surface area (Å²) in [4.78, 5) is 2.87. The van der Waals surface area contributed by atoms with Crippen molar-refractivity contribution < 1.29 is 0 Å². The predicted octanol–water partition coefficient (Wildman–Crippen LogP) is 4.05. The van der Waals surface area contributed by atoms with Crippen LogP contribution in [0.25, 0.3) is 0 Å². The maximum atomic E-state index is 3.91. The van der Waals surface area contributed by atoms with Crippen LogP contribution in [0.2, 0.25) is 0 Å². The van der Waals surface area contributed by atoms with Crippen LogP contribution in [0.1, 0.15) is 73.1 Å². The highest BCUT2D eigenvalue weighted by Crippen LogP contribution is 2.40. The second kappa shape index (κ2) is 6.79. The highest BCUT2D eigenvalue weighted by Gasteiger charge is 2.44. The molecule has 1 N–H and O–H groups in total. The van der Waals surface area contributed by atoms with Crippen LogP contribution in [0.4, 0.5) is 0 Å². The Kier molecular flexibility index (Phi) is 5.53. The first-order chi connectivity index (χ1) is 9.47. The van der Waals surface area contributed by atoms with Crippen molar-refractivity contribution in [2.24, 2.45) is 11.3 Å². The van der Waals surface area contributed by atoms with Gasteiger partial charge in [0.2, 0.25) is 0 Å². The molecule has 1 aliphatic carbocycles. The molecule has 2 fully saturated rings. The van der Waals surface area contributed by atoms with E-state index in [2.05, 4.69) is 44.8 Å². The molecule has 2 nitrogen and oxygen atoms in total. The van der Waals surface area contributed by atoms with E-state index in [1.807, 2.05) is 0 Å². The third kappa shape index (κ3) is 3.39. The summed E-state index contributed by atoms with van der Waals surface area (Å²) in [6.45, 7) is 14.6. The molecule has 0 aromatic heterocycles. The van der Waals surface area contributed by atoms with Crippen LogP contribution in [0, 0.1) is 11.3 Å². The van der Waals surface area contributed by atoms with Gasteiger partial charge in [0.1, 0.15) is 0 Å². The number of rotatable bonds is 5. The second-order valence-electron chi connectivity index (χ2n) is 8.07. The fourth-order valence-corrected chi connectivity index (χ4v) is 4.62. The van der Waals surface area contributed by atoms with Crippen LogP contribution in [-0.2, 0) is 0 Å². The molecule has 2 aliphatic rings. The molecule has 0 spiro atoms. The van der Waals surface area contributed by atoms with E-state index in [1.165, 1.54) is 51.6 Å². The van der Waals surface area contributed by atoms with Crippen LogP contribution in [0.15, 0.2) is 0 Å². The lowest BCUT2D eigenvalue weighted by molar-refractivity contribution is 0.0307. The molecule has 1 aliphatic heterocycles. The van der Waals surface area contributed by atoms with E-state index in [0.717, 1.165) is 18.0 Å². The van der Waals surface area contributed by atoms with Gasteiger partial charge in [0.05, 0.1) is 0 Å². The molecule has 20 heavy (non-hydrogen) atoms. The van der Waals surface area contributed by atoms with Gasteiger partial charge in [0.25, 0.3) is 0 Å². The Morgan fingerprint density at radius 3 is 2.60 bits per heavy atom. The van der Waals surface area contributed by atoms with Crippen LogP contribution in [0.5, 0.6) is 0 Å². The number of likely N-dealkylation sites (tertiary alicyclic amines) is 1. The van der Waals surface area contributed by atoms with E-state index >= 15 is 0 Å². The molecule has 3 unspecified atom stereocenters. The van der Waals surface area contributed by atoms with Crippen molar-refractivity contribution in [3.63, 3.8) is 0 Å². The van der Waals surface area contributed by atoms with E-state index in [4.69, 9.17) is 0 Å². The van der Waals surface area contributed by atoms with Gasteiger partial charge in [0.15, 0.2) is 0 Å². The highest BCUT2D eigenvalue weighted by molar-refractivity contribution is 5.01. The smallest absolute Gasteiger partial charge is 0.0274 e. The molecule has 0 aromatic carbocycles. The monoisotopic (exact) mass is 280 g/mol. The molecule has 0 bridgehead atoms. The van der Waals surface area contributed by atoms with Gasteiger partial charge < -0.3 is 5.32 Å². The third-order valence-electron chi connectivity index (χ3n) is 5.70. The normalized spacial score (nSPS) is 34.8. The topological polar surface area (TPSA) is 15.3 Å². The number of nitrogens with zero attached hydrogens (tertiary/aromatic N) is 1. The average Bonchev–Trinajstić information content (AvgIpc) is 2.85. The number of hydrogen-bond acceptors (Lipinski definition) is 2. The Morgan fingerprint density at radius 2 is 1.95 bits per heavy atom. The van der Waals surface area contributed by atoms with Crippen molar-refractivity contribution in [3.8, 4) is 0 Å². The summed E-state index contributed by atoms with van der Waals surface area (Å²) >= 11 is 0. The molecule has 1 saturated carbocycles. The van der Waals surface area contributed by atoms with Gasteiger partial charge in [-0.15, -0.1) is 0 Å². The maximum absolute atomic E-state index is 3.91. The fraction of sp³-hybridized carbons (Fsp3) is 1.00. The van der Waals surface area contributed by atoms with Gasteiger partial charge >= 0.3 is 0 Å². The van der Waals surface area contributed by atoms with Crippen molar-refractivity contribution >= 4 is 0 Å². The lowest BCUT2D eigenvalue weighted by atomic mass is 9.70. The minimum Gasteiger partial charge on any atom is -0.312 e. The van der Waals surface area contributed by atoms with Gasteiger partial charge in [0, 0.05) is 18.1 Å². The molecule has 2 rings (SSSR count). The first-order valence-corrected chi connectivity index (χ1v) is 8.96. The quantitative estimate of drug-likeness (QED) is 0.817. The van der Waals surface area contributed by atoms with Gasteiger partial charge in [-0.2, -0.15) is 0 Å². The van der Waals surface area contributed by atoms with Gasteiger partial charge in [-0.3, -0.25) is 4.90 Å². The molecule has 3 atom stereocenters. The first-order valence-electron chi connectivity index (χ1n) is 8.96. The van der Waals surface area contributed by atoms with E-state index in [1.54, 1.807) is 0 Å². The Hall–Kier alpha value is -0.0800. The standard InChI is InChI=1S/C18H36N2/c1-6-12-19-17-16(9-7-11-18(17,4)5)20-13-8-10-15(20)14(2)3/h14-17,19H,6-13H2,1-5H3. The predicted molar refractivity (Wildman–Crippen MR) is 88.1 cm³/mol. The number of nitrogens with one attached hydrogen (secondary N) is 1. The summed E-state index contributed by atoms with van der Waals surface area (Å²) < 4.78 is 0. The Labute approximate surface area is 126 Å². The summed E-state index contributed by atoms with van der Waals surface area (Å²) in [6.07, 6.45) is 8.24. The Bertz CT molecular complexity index is 298. The van der Waals surface area contributed by atoms with E-state index in [0.29, 0.717) is 11.5 Å². The molecular formula is C18H36N2. The third-order valence-corrected chi connectivity index (χ3v) is 5.70. The molecule has 0 aromatic rings. The Balaban J connectivity index is 2.13. The fourth-order valence-electron chi connectivity index (χ4n) is 4.62. The molecule has 1 heterocycles. The minimum absolute atomic E-state index is 0.447. The maximum Gasteiger partial charge on any atom is 0.0274 e. The summed E-state index contributed by atoms with van der Waals surface area (Å²) in [7, 11) is 0. The first kappa shape index (κ1) is 16.3. The van der Waals surface area contributed by atoms with E-state index < -0.39 is 0 Å². The minimum atomic E-state index is 0.447. The molecule has 118 valence electrons. The molecule has 0 amide bonds. The van der Waals surface area contributed by atoms with Gasteiger partial charge in [-0.25, -0.2) is 0 Å². The van der Waals surface area contributed by atoms with Crippen LogP contribution >= 0.6 is 0 Å². The van der Waals surface area contributed by atoms with Crippen molar-refractivity contribution in [1.82, 2.24) is 10.2 Å². The number of hydrogen-bond donors (Lipinski definition) is 1. The summed E-state index contributed by atoms with van der Waals surface area (Å²) in [5, 5.41) is 3.91. The van der Waals surface area contributed by atoms with Gasteiger partial charge in [-0.05, 0) is 56.5 Å². The van der Waals surface area contributed by atoms with Crippen LogP contribution in [0.3, 0.4) is 0 Å². The van der Waals surface area contributed by atoms with Crippen molar-refractivity contribution in [3.05, 3.63) is 0 Å². The van der Waals surface area contributed by atoms with Gasteiger partial charge in [-0.1, -0.05) is 41.0 Å². The molecule has 2 heteroatoms. The van der Waals surface area contributed by atoms with Crippen LogP contribution < -0.4 is 5.32 Å². The largest absolute Gasteiger partial charge is 0.312 e. The highest BCUT2D eigenvalue weighted by atomic mass is 15.2. The summed E-state index contributed by atoms with van der Waals surface area (Å²) in [6, 6.07) is 2.26. The zero-order valence-corrected chi connectivity index (χ0v) is 14.4.